The number of hydrogen-bond acceptors (Lipinski definition) is 8. The Bertz CT molecular complexity index is 1650. The van der Waals surface area contributed by atoms with Gasteiger partial charge in [0.2, 0.25) is 15.9 Å². The predicted octanol–water partition coefficient (Wildman–Crippen LogP) is 4.29. The van der Waals surface area contributed by atoms with Crippen LogP contribution in [0.2, 0.25) is 5.02 Å². The van der Waals surface area contributed by atoms with Gasteiger partial charge in [0.05, 0.1) is 18.1 Å². The number of amidine groups is 1. The van der Waals surface area contributed by atoms with Crippen molar-refractivity contribution >= 4 is 39.3 Å². The summed E-state index contributed by atoms with van der Waals surface area (Å²) in [5.41, 5.74) is 2.88. The smallest absolute Gasteiger partial charge is 0.475 e. The van der Waals surface area contributed by atoms with Gasteiger partial charge in [0.1, 0.15) is 17.0 Å². The molecule has 0 unspecified atom stereocenters. The topological polar surface area (TPSA) is 145 Å². The van der Waals surface area contributed by atoms with Crippen molar-refractivity contribution in [3.8, 4) is 0 Å². The van der Waals surface area contributed by atoms with Crippen molar-refractivity contribution in [2.45, 2.75) is 49.8 Å². The number of aryl methyl sites for hydroxylation is 1. The van der Waals surface area contributed by atoms with Gasteiger partial charge in [0, 0.05) is 31.7 Å². The quantitative estimate of drug-likeness (QED) is 0.325. The molecule has 1 fully saturated rings. The number of nitrogens with zero attached hydrogens (tertiary/aromatic N) is 4. The molecule has 1 saturated carbocycles. The third-order valence-corrected chi connectivity index (χ3v) is 9.50. The molecule has 2 N–H and O–H groups in total. The van der Waals surface area contributed by atoms with E-state index in [0.29, 0.717) is 18.5 Å². The standard InChI is InChI=1S/C27H30ClN5O4S.C2HF3O2/c1-18-4-3-5-22(28)25(18)38(35,36)33(21-10-11-21)16-24-31-23(17-37-24)27(34)32(2)15-12-19-6-8-20(9-7-19)26-29-13-14-30-26;3-2(4,5)1(6)7/h3-9,17,21H,10-16H2,1-2H3,(H,29,30);(H,6,7). The number of carboxylic acid groups (broad SMARTS) is 1. The molecule has 2 aliphatic rings. The number of oxazole rings is 1. The van der Waals surface area contributed by atoms with E-state index in [-0.39, 0.29) is 40.0 Å². The van der Waals surface area contributed by atoms with Crippen LogP contribution >= 0.6 is 11.6 Å². The van der Waals surface area contributed by atoms with E-state index in [4.69, 9.17) is 25.9 Å². The molecule has 2 heterocycles. The van der Waals surface area contributed by atoms with Crippen LogP contribution in [-0.4, -0.2) is 84.3 Å². The first-order valence-corrected chi connectivity index (χ1v) is 15.6. The second-order valence-electron chi connectivity index (χ2n) is 10.4. The number of aliphatic imine (C=N–C) groups is 1. The Morgan fingerprint density at radius 2 is 1.82 bits per heavy atom. The fourth-order valence-corrected chi connectivity index (χ4v) is 6.88. The van der Waals surface area contributed by atoms with Crippen LogP contribution in [0.25, 0.3) is 0 Å². The number of carboxylic acids is 1. The largest absolute Gasteiger partial charge is 0.490 e. The summed E-state index contributed by atoms with van der Waals surface area (Å²) in [7, 11) is -2.17. The summed E-state index contributed by atoms with van der Waals surface area (Å²) in [6.45, 7) is 3.80. The summed E-state index contributed by atoms with van der Waals surface area (Å²) in [6.07, 6.45) is -1.61. The van der Waals surface area contributed by atoms with Crippen molar-refractivity contribution in [2.24, 2.45) is 4.99 Å². The minimum absolute atomic E-state index is 0.0683. The highest BCUT2D eigenvalue weighted by Gasteiger charge is 2.41. The number of carbonyl (C=O) groups is 2. The summed E-state index contributed by atoms with van der Waals surface area (Å²) in [4.78, 5) is 32.3. The first-order valence-electron chi connectivity index (χ1n) is 13.8. The molecule has 5 rings (SSSR count). The Morgan fingerprint density at radius 1 is 1.16 bits per heavy atom. The van der Waals surface area contributed by atoms with Crippen LogP contribution in [0.1, 0.15) is 45.9 Å². The van der Waals surface area contributed by atoms with E-state index >= 15 is 0 Å². The third kappa shape index (κ3) is 8.61. The fourth-order valence-electron chi connectivity index (χ4n) is 4.46. The van der Waals surface area contributed by atoms with E-state index in [1.165, 1.54) is 10.6 Å². The highest BCUT2D eigenvalue weighted by Crippen LogP contribution is 2.36. The molecule has 2 aromatic carbocycles. The molecular formula is C29H31ClF3N5O6S. The molecule has 11 nitrogen and oxygen atoms in total. The average molecular weight is 670 g/mol. The first kappa shape index (κ1) is 33.9. The summed E-state index contributed by atoms with van der Waals surface area (Å²) in [5.74, 6) is -1.96. The van der Waals surface area contributed by atoms with E-state index in [2.05, 4.69) is 15.3 Å². The molecule has 1 aliphatic heterocycles. The third-order valence-electron chi connectivity index (χ3n) is 6.97. The number of hydrogen-bond donors (Lipinski definition) is 2. The minimum Gasteiger partial charge on any atom is -0.475 e. The van der Waals surface area contributed by atoms with Gasteiger partial charge in [-0.25, -0.2) is 18.2 Å². The predicted molar refractivity (Wildman–Crippen MR) is 159 cm³/mol. The lowest BCUT2D eigenvalue weighted by molar-refractivity contribution is -0.192. The molecular weight excluding hydrogens is 639 g/mol. The molecule has 0 spiro atoms. The molecule has 0 radical (unpaired) electrons. The SMILES string of the molecule is Cc1cccc(Cl)c1S(=O)(=O)N(Cc1nc(C(=O)N(C)CCc2ccc(C3=NCCN3)cc2)co1)C1CC1.O=C(O)C(F)(F)F. The molecule has 1 amide bonds. The molecule has 3 aromatic rings. The number of aromatic nitrogens is 1. The monoisotopic (exact) mass is 669 g/mol. The lowest BCUT2D eigenvalue weighted by atomic mass is 10.1. The zero-order chi connectivity index (χ0) is 32.9. The summed E-state index contributed by atoms with van der Waals surface area (Å²) >= 11 is 6.27. The number of sulfonamides is 1. The van der Waals surface area contributed by atoms with Crippen LogP contribution in [-0.2, 0) is 27.8 Å². The van der Waals surface area contributed by atoms with Crippen molar-refractivity contribution in [1.29, 1.82) is 0 Å². The van der Waals surface area contributed by atoms with E-state index in [1.807, 2.05) is 24.3 Å². The maximum Gasteiger partial charge on any atom is 0.490 e. The highest BCUT2D eigenvalue weighted by atomic mass is 35.5. The van der Waals surface area contributed by atoms with Crippen molar-refractivity contribution < 1.29 is 40.7 Å². The number of halogens is 4. The fraction of sp³-hybridized carbons (Fsp3) is 0.379. The lowest BCUT2D eigenvalue weighted by Crippen LogP contribution is -2.33. The van der Waals surface area contributed by atoms with Gasteiger partial charge in [0.25, 0.3) is 5.91 Å². The van der Waals surface area contributed by atoms with E-state index in [1.54, 1.807) is 37.1 Å². The molecule has 45 heavy (non-hydrogen) atoms. The van der Waals surface area contributed by atoms with Crippen LogP contribution in [0.3, 0.4) is 0 Å². The number of aliphatic carboxylic acids is 1. The van der Waals surface area contributed by atoms with Gasteiger partial charge < -0.3 is 19.7 Å². The van der Waals surface area contributed by atoms with Gasteiger partial charge in [0.15, 0.2) is 5.69 Å². The van der Waals surface area contributed by atoms with Gasteiger partial charge in [-0.05, 0) is 43.4 Å². The summed E-state index contributed by atoms with van der Waals surface area (Å²) in [5, 5.41) is 10.6. The van der Waals surface area contributed by atoms with E-state index in [9.17, 15) is 26.4 Å². The second-order valence-corrected chi connectivity index (χ2v) is 12.7. The highest BCUT2D eigenvalue weighted by molar-refractivity contribution is 7.89. The van der Waals surface area contributed by atoms with Crippen molar-refractivity contribution in [3.05, 3.63) is 82.0 Å². The van der Waals surface area contributed by atoms with Gasteiger partial charge in [-0.2, -0.15) is 17.5 Å². The lowest BCUT2D eigenvalue weighted by Gasteiger charge is -2.22. The Labute approximate surface area is 262 Å². The maximum absolute atomic E-state index is 13.5. The van der Waals surface area contributed by atoms with Crippen molar-refractivity contribution in [2.75, 3.05) is 26.7 Å². The number of likely N-dealkylation sites (N-methyl/N-ethyl adjacent to an activating group) is 1. The van der Waals surface area contributed by atoms with Gasteiger partial charge in [-0.15, -0.1) is 0 Å². The molecule has 0 bridgehead atoms. The van der Waals surface area contributed by atoms with Gasteiger partial charge in [-0.1, -0.05) is 48.0 Å². The first-order chi connectivity index (χ1) is 21.2. The molecule has 1 aromatic heterocycles. The number of alkyl halides is 3. The molecule has 242 valence electrons. The molecule has 16 heteroatoms. The summed E-state index contributed by atoms with van der Waals surface area (Å²) in [6, 6.07) is 13.0. The van der Waals surface area contributed by atoms with Crippen LogP contribution in [0.4, 0.5) is 13.2 Å². The number of nitrogens with one attached hydrogen (secondary N) is 1. The number of amides is 1. The van der Waals surface area contributed by atoms with Crippen LogP contribution in [0, 0.1) is 6.92 Å². The second kappa shape index (κ2) is 14.0. The Kier molecular flexibility index (Phi) is 10.6. The Morgan fingerprint density at radius 3 is 2.38 bits per heavy atom. The van der Waals surface area contributed by atoms with E-state index < -0.39 is 22.2 Å². The summed E-state index contributed by atoms with van der Waals surface area (Å²) < 4.78 is 65.7. The number of rotatable bonds is 10. The zero-order valence-corrected chi connectivity index (χ0v) is 25.9. The zero-order valence-electron chi connectivity index (χ0n) is 24.3. The van der Waals surface area contributed by atoms with Gasteiger partial charge in [-0.3, -0.25) is 9.79 Å². The number of carbonyl (C=O) groups excluding carboxylic acids is 1. The maximum atomic E-state index is 13.5. The van der Waals surface area contributed by atoms with Gasteiger partial charge >= 0.3 is 12.1 Å². The molecule has 1 aliphatic carbocycles. The van der Waals surface area contributed by atoms with Crippen molar-refractivity contribution in [3.63, 3.8) is 0 Å². The number of benzene rings is 2. The van der Waals surface area contributed by atoms with Crippen LogP contribution in [0.15, 0.2) is 63.0 Å². The normalized spacial score (nSPS) is 14.8. The van der Waals surface area contributed by atoms with Crippen molar-refractivity contribution in [1.82, 2.24) is 19.5 Å². The van der Waals surface area contributed by atoms with Crippen LogP contribution in [0.5, 0.6) is 0 Å². The molecule has 0 saturated heterocycles. The van der Waals surface area contributed by atoms with E-state index in [0.717, 1.165) is 42.9 Å². The Hall–Kier alpha value is -3.95. The molecule has 0 atom stereocenters. The average Bonchev–Trinajstić information content (AvgIpc) is 3.45. The minimum atomic E-state index is -5.08. The van der Waals surface area contributed by atoms with Crippen LogP contribution < -0.4 is 5.32 Å². The Balaban J connectivity index is 0.000000591.